The monoisotopic (exact) mass is 269 g/mol. The second kappa shape index (κ2) is 6.23. The van der Waals surface area contributed by atoms with Crippen LogP contribution in [0.25, 0.3) is 0 Å². The third-order valence-corrected chi connectivity index (χ3v) is 3.95. The Morgan fingerprint density at radius 3 is 2.24 bits per heavy atom. The predicted molar refractivity (Wildman–Crippen MR) is 57.8 cm³/mol. The molecule has 1 amide bonds. The van der Waals surface area contributed by atoms with Gasteiger partial charge < -0.3 is 10.00 Å². The third kappa shape index (κ3) is 5.38. The smallest absolute Gasteiger partial charge is 0.359 e. The van der Waals surface area contributed by atoms with Crippen LogP contribution in [0.2, 0.25) is 0 Å². The molecule has 0 heterocycles. The molecule has 0 rings (SSSR count). The van der Waals surface area contributed by atoms with E-state index in [1.807, 2.05) is 0 Å². The maximum Gasteiger partial charge on any atom is 0.359 e. The van der Waals surface area contributed by atoms with E-state index in [0.717, 1.165) is 13.6 Å². The Hall–Kier alpha value is -0.790. The van der Waals surface area contributed by atoms with Gasteiger partial charge in [-0.15, -0.1) is 5.06 Å². The van der Waals surface area contributed by atoms with Crippen LogP contribution in [0.15, 0.2) is 0 Å². The van der Waals surface area contributed by atoms with Crippen molar-refractivity contribution in [1.29, 1.82) is 0 Å². The molecule has 0 radical (unpaired) electrons. The fourth-order valence-electron chi connectivity index (χ4n) is 0.863. The maximum absolute atomic E-state index is 11.3. The summed E-state index contributed by atoms with van der Waals surface area (Å²) in [6.45, 7) is 3.39. The van der Waals surface area contributed by atoms with Gasteiger partial charge in [0.2, 0.25) is 7.37 Å². The van der Waals surface area contributed by atoms with Crippen molar-refractivity contribution in [1.82, 2.24) is 5.32 Å². The molecule has 9 heteroatoms. The number of hydrogen-bond donors (Lipinski definition) is 5. The number of nitrogens with one attached hydrogen (secondary N) is 2. The number of amides is 1. The lowest BCUT2D eigenvalue weighted by Crippen LogP contribution is -3.15. The summed E-state index contributed by atoms with van der Waals surface area (Å²) in [5, 5.41) is 19.7. The second-order valence-electron chi connectivity index (χ2n) is 3.87. The Morgan fingerprint density at radius 1 is 1.41 bits per heavy atom. The summed E-state index contributed by atoms with van der Waals surface area (Å²) in [7, 11) is -3.35. The summed E-state index contributed by atoms with van der Waals surface area (Å²) in [6.07, 6.45) is 0. The number of carbonyl (C=O) groups is 2. The van der Waals surface area contributed by atoms with Gasteiger partial charge in [-0.3, -0.25) is 14.7 Å². The van der Waals surface area contributed by atoms with Gasteiger partial charge in [0, 0.05) is 6.66 Å². The first-order chi connectivity index (χ1) is 7.57. The second-order valence-corrected chi connectivity index (χ2v) is 6.53. The van der Waals surface area contributed by atoms with Crippen LogP contribution >= 0.6 is 7.37 Å². The number of aliphatic carboxylic acids is 1. The molecule has 0 saturated heterocycles. The standard InChI is InChI=1S/C8H17N2O6P/c1-5(8(12)13)7(11)10(14)4-9-6(2)17(3,15)16/h5-6,9,14H,4H2,1-3H3,(H,12,13)(H,15,16)/p+1. The van der Waals surface area contributed by atoms with Crippen molar-refractivity contribution in [2.45, 2.75) is 19.6 Å². The van der Waals surface area contributed by atoms with Gasteiger partial charge in [0.15, 0.2) is 12.6 Å². The zero-order chi connectivity index (χ0) is 13.8. The summed E-state index contributed by atoms with van der Waals surface area (Å²) in [4.78, 5) is 31.0. The van der Waals surface area contributed by atoms with Crippen molar-refractivity contribution in [3.05, 3.63) is 0 Å². The van der Waals surface area contributed by atoms with E-state index >= 15 is 0 Å². The number of carboxylic acid groups (broad SMARTS) is 1. The maximum atomic E-state index is 11.3. The zero-order valence-electron chi connectivity index (χ0n) is 9.88. The SMILES string of the molecule is CC(C(=O)O)C(=O)[NH+](O)CNC(C)P(C)(=O)O. The molecular formula is C8H18N2O6P+. The molecule has 4 unspecified atom stereocenters. The topological polar surface area (TPSA) is 128 Å². The molecule has 4 atom stereocenters. The first-order valence-corrected chi connectivity index (χ1v) is 7.10. The first kappa shape index (κ1) is 16.2. The van der Waals surface area contributed by atoms with Gasteiger partial charge in [0.25, 0.3) is 0 Å². The largest absolute Gasteiger partial charge is 0.481 e. The van der Waals surface area contributed by atoms with Crippen LogP contribution in [0.4, 0.5) is 0 Å². The van der Waals surface area contributed by atoms with E-state index < -0.39 is 36.0 Å². The van der Waals surface area contributed by atoms with Crippen molar-refractivity contribution in [2.75, 3.05) is 13.3 Å². The average Bonchev–Trinajstić information content (AvgIpc) is 2.21. The minimum absolute atomic E-state index is 0.337. The van der Waals surface area contributed by atoms with Gasteiger partial charge in [-0.2, -0.15) is 0 Å². The lowest BCUT2D eigenvalue weighted by Gasteiger charge is -2.18. The zero-order valence-corrected chi connectivity index (χ0v) is 10.8. The number of quaternary nitrogens is 1. The minimum atomic E-state index is -3.35. The Balaban J connectivity index is 4.29. The first-order valence-electron chi connectivity index (χ1n) is 4.92. The van der Waals surface area contributed by atoms with Crippen LogP contribution in [0.5, 0.6) is 0 Å². The molecule has 0 aromatic heterocycles. The van der Waals surface area contributed by atoms with Gasteiger partial charge >= 0.3 is 11.9 Å². The molecule has 0 aromatic carbocycles. The van der Waals surface area contributed by atoms with Gasteiger partial charge in [-0.1, -0.05) is 0 Å². The number of carbonyl (C=O) groups excluding carboxylic acids is 1. The molecule has 100 valence electrons. The highest BCUT2D eigenvalue weighted by Crippen LogP contribution is 2.39. The number of rotatable bonds is 6. The predicted octanol–water partition coefficient (Wildman–Crippen LogP) is -1.70. The van der Waals surface area contributed by atoms with Gasteiger partial charge in [0.1, 0.15) is 0 Å². The highest BCUT2D eigenvalue weighted by atomic mass is 31.2. The van der Waals surface area contributed by atoms with Gasteiger partial charge in [-0.05, 0) is 13.8 Å². The van der Waals surface area contributed by atoms with E-state index in [1.165, 1.54) is 6.92 Å². The fourth-order valence-corrected chi connectivity index (χ4v) is 1.29. The van der Waals surface area contributed by atoms with Crippen molar-refractivity contribution < 1.29 is 34.4 Å². The molecule has 0 spiro atoms. The summed E-state index contributed by atoms with van der Waals surface area (Å²) in [6, 6.07) is 0. The number of carboxylic acids is 1. The van der Waals surface area contributed by atoms with Crippen LogP contribution in [0.1, 0.15) is 13.8 Å². The quantitative estimate of drug-likeness (QED) is 0.128. The lowest BCUT2D eigenvalue weighted by molar-refractivity contribution is -1.02. The van der Waals surface area contributed by atoms with Crippen molar-refractivity contribution in [2.24, 2.45) is 5.92 Å². The number of hydrogen-bond acceptors (Lipinski definition) is 5. The molecule has 0 aliphatic rings. The molecule has 0 saturated carbocycles. The molecule has 0 aliphatic carbocycles. The molecule has 0 bridgehead atoms. The van der Waals surface area contributed by atoms with Crippen molar-refractivity contribution >= 4 is 19.2 Å². The van der Waals surface area contributed by atoms with E-state index in [0.29, 0.717) is 0 Å². The molecule has 0 fully saturated rings. The summed E-state index contributed by atoms with van der Waals surface area (Å²) >= 11 is 0. The van der Waals surface area contributed by atoms with E-state index in [1.54, 1.807) is 0 Å². The Labute approximate surface area is 98.6 Å². The van der Waals surface area contributed by atoms with Crippen LogP contribution in [0, 0.1) is 5.92 Å². The minimum Gasteiger partial charge on any atom is -0.481 e. The van der Waals surface area contributed by atoms with Gasteiger partial charge in [0.05, 0.1) is 5.78 Å². The summed E-state index contributed by atoms with van der Waals surface area (Å²) in [5.74, 6) is -4.38. The van der Waals surface area contributed by atoms with E-state index in [-0.39, 0.29) is 6.67 Å². The van der Waals surface area contributed by atoms with Crippen LogP contribution in [-0.2, 0) is 14.2 Å². The molecule has 0 aliphatic heterocycles. The van der Waals surface area contributed by atoms with Crippen LogP contribution < -0.4 is 10.4 Å². The normalized spacial score (nSPS) is 20.1. The molecular weight excluding hydrogens is 251 g/mol. The van der Waals surface area contributed by atoms with E-state index in [4.69, 9.17) is 10.00 Å². The Kier molecular flexibility index (Phi) is 5.94. The Bertz CT molecular complexity index is 341. The third-order valence-electron chi connectivity index (χ3n) is 2.33. The van der Waals surface area contributed by atoms with Gasteiger partial charge in [-0.25, -0.2) is 10.0 Å². The molecule has 5 N–H and O–H groups in total. The summed E-state index contributed by atoms with van der Waals surface area (Å²) < 4.78 is 11.2. The fraction of sp³-hybridized carbons (Fsp3) is 0.750. The molecule has 0 aromatic rings. The lowest BCUT2D eigenvalue weighted by atomic mass is 10.2. The van der Waals surface area contributed by atoms with Crippen LogP contribution in [-0.4, -0.2) is 46.2 Å². The molecule has 17 heavy (non-hydrogen) atoms. The van der Waals surface area contributed by atoms with Crippen molar-refractivity contribution in [3.8, 4) is 0 Å². The highest BCUT2D eigenvalue weighted by Gasteiger charge is 2.31. The van der Waals surface area contributed by atoms with E-state index in [2.05, 4.69) is 5.32 Å². The average molecular weight is 269 g/mol. The van der Waals surface area contributed by atoms with Crippen LogP contribution in [0.3, 0.4) is 0 Å². The Morgan fingerprint density at radius 2 is 1.88 bits per heavy atom. The number of hydroxylamine groups is 2. The van der Waals surface area contributed by atoms with Crippen molar-refractivity contribution in [3.63, 3.8) is 0 Å². The molecule has 8 nitrogen and oxygen atoms in total. The summed E-state index contributed by atoms with van der Waals surface area (Å²) in [5.41, 5.74) is 0. The van der Waals surface area contributed by atoms with E-state index in [9.17, 15) is 19.4 Å². The highest BCUT2D eigenvalue weighted by molar-refractivity contribution is 7.57.